The standard InChI is InChI=1S/C18H23NO4S/c1-13-11-14(2)18(15(3)12-13)19-24(20,21)10-9-23-17-7-5-16(22-4)6-8-17/h5-8,11-12,19H,9-10H2,1-4H3. The largest absolute Gasteiger partial charge is 0.497 e. The first-order valence-electron chi connectivity index (χ1n) is 7.66. The number of benzene rings is 2. The Morgan fingerprint density at radius 2 is 1.50 bits per heavy atom. The molecule has 0 unspecified atom stereocenters. The summed E-state index contributed by atoms with van der Waals surface area (Å²) in [6, 6.07) is 10.9. The first-order valence-corrected chi connectivity index (χ1v) is 9.31. The van der Waals surface area contributed by atoms with E-state index in [1.165, 1.54) is 0 Å². The van der Waals surface area contributed by atoms with E-state index in [0.29, 0.717) is 11.4 Å². The van der Waals surface area contributed by atoms with Gasteiger partial charge in [0.1, 0.15) is 23.9 Å². The van der Waals surface area contributed by atoms with Crippen LogP contribution in [0.2, 0.25) is 0 Å². The highest BCUT2D eigenvalue weighted by atomic mass is 32.2. The van der Waals surface area contributed by atoms with Crippen LogP contribution in [0.25, 0.3) is 0 Å². The number of hydrogen-bond acceptors (Lipinski definition) is 4. The third kappa shape index (κ3) is 4.89. The Morgan fingerprint density at radius 3 is 2.04 bits per heavy atom. The Balaban J connectivity index is 1.96. The molecule has 0 atom stereocenters. The van der Waals surface area contributed by atoms with Crippen LogP contribution in [0.5, 0.6) is 11.5 Å². The average molecular weight is 349 g/mol. The van der Waals surface area contributed by atoms with Gasteiger partial charge >= 0.3 is 0 Å². The van der Waals surface area contributed by atoms with Crippen LogP contribution >= 0.6 is 0 Å². The fraction of sp³-hybridized carbons (Fsp3) is 0.333. The summed E-state index contributed by atoms with van der Waals surface area (Å²) in [6.07, 6.45) is 0. The second-order valence-electron chi connectivity index (χ2n) is 5.72. The van der Waals surface area contributed by atoms with Crippen LogP contribution in [-0.4, -0.2) is 27.9 Å². The summed E-state index contributed by atoms with van der Waals surface area (Å²) >= 11 is 0. The fourth-order valence-electron chi connectivity index (χ4n) is 2.49. The predicted molar refractivity (Wildman–Crippen MR) is 96.6 cm³/mol. The molecule has 0 bridgehead atoms. The zero-order valence-corrected chi connectivity index (χ0v) is 15.2. The average Bonchev–Trinajstić information content (AvgIpc) is 2.51. The van der Waals surface area contributed by atoms with Gasteiger partial charge in [0.2, 0.25) is 10.0 Å². The van der Waals surface area contributed by atoms with E-state index in [1.54, 1.807) is 31.4 Å². The molecule has 0 aliphatic heterocycles. The quantitative estimate of drug-likeness (QED) is 0.832. The van der Waals surface area contributed by atoms with Gasteiger partial charge < -0.3 is 9.47 Å². The van der Waals surface area contributed by atoms with E-state index in [0.717, 1.165) is 22.4 Å². The lowest BCUT2D eigenvalue weighted by molar-refractivity contribution is 0.340. The van der Waals surface area contributed by atoms with Crippen LogP contribution in [0.1, 0.15) is 16.7 Å². The minimum atomic E-state index is -3.48. The van der Waals surface area contributed by atoms with Crippen molar-refractivity contribution in [1.29, 1.82) is 0 Å². The third-order valence-electron chi connectivity index (χ3n) is 3.61. The van der Waals surface area contributed by atoms with Crippen molar-refractivity contribution in [2.45, 2.75) is 20.8 Å². The molecule has 0 aromatic heterocycles. The van der Waals surface area contributed by atoms with Crippen molar-refractivity contribution in [1.82, 2.24) is 0 Å². The molecule has 2 aromatic carbocycles. The zero-order valence-electron chi connectivity index (χ0n) is 14.4. The van der Waals surface area contributed by atoms with E-state index in [-0.39, 0.29) is 12.4 Å². The smallest absolute Gasteiger partial charge is 0.236 e. The fourth-order valence-corrected chi connectivity index (χ4v) is 3.53. The molecule has 0 heterocycles. The van der Waals surface area contributed by atoms with Gasteiger partial charge in [0, 0.05) is 0 Å². The summed E-state index contributed by atoms with van der Waals surface area (Å²) in [6.45, 7) is 5.85. The monoisotopic (exact) mass is 349 g/mol. The Hall–Kier alpha value is -2.21. The minimum absolute atomic E-state index is 0.0750. The van der Waals surface area contributed by atoms with Gasteiger partial charge in [-0.3, -0.25) is 4.72 Å². The van der Waals surface area contributed by atoms with Crippen molar-refractivity contribution < 1.29 is 17.9 Å². The molecule has 0 saturated carbocycles. The van der Waals surface area contributed by atoms with Crippen LogP contribution in [0.3, 0.4) is 0 Å². The SMILES string of the molecule is COc1ccc(OCCS(=O)(=O)Nc2c(C)cc(C)cc2C)cc1. The molecule has 0 saturated heterocycles. The van der Waals surface area contributed by atoms with Gasteiger partial charge in [0.05, 0.1) is 12.8 Å². The second kappa shape index (κ2) is 7.57. The highest BCUT2D eigenvalue weighted by Gasteiger charge is 2.14. The van der Waals surface area contributed by atoms with Gasteiger partial charge in [-0.25, -0.2) is 8.42 Å². The molecule has 0 fully saturated rings. The molecule has 5 nitrogen and oxygen atoms in total. The van der Waals surface area contributed by atoms with E-state index in [1.807, 2.05) is 32.9 Å². The number of ether oxygens (including phenoxy) is 2. The highest BCUT2D eigenvalue weighted by Crippen LogP contribution is 2.23. The summed E-state index contributed by atoms with van der Waals surface area (Å²) in [5.74, 6) is 1.21. The minimum Gasteiger partial charge on any atom is -0.497 e. The summed E-state index contributed by atoms with van der Waals surface area (Å²) in [7, 11) is -1.89. The van der Waals surface area contributed by atoms with Gasteiger partial charge in [-0.05, 0) is 56.2 Å². The van der Waals surface area contributed by atoms with Crippen molar-refractivity contribution in [3.63, 3.8) is 0 Å². The zero-order chi connectivity index (χ0) is 17.7. The lowest BCUT2D eigenvalue weighted by Gasteiger charge is -2.14. The molecule has 6 heteroatoms. The molecular formula is C18H23NO4S. The Bertz CT molecular complexity index is 775. The maximum Gasteiger partial charge on any atom is 0.236 e. The summed E-state index contributed by atoms with van der Waals surface area (Å²) in [5, 5.41) is 0. The van der Waals surface area contributed by atoms with Crippen molar-refractivity contribution in [3.05, 3.63) is 53.1 Å². The number of nitrogens with one attached hydrogen (secondary N) is 1. The first-order chi connectivity index (χ1) is 11.3. The first kappa shape index (κ1) is 18.1. The summed E-state index contributed by atoms with van der Waals surface area (Å²) in [4.78, 5) is 0. The lowest BCUT2D eigenvalue weighted by Crippen LogP contribution is -2.22. The normalized spacial score (nSPS) is 11.2. The van der Waals surface area contributed by atoms with Gasteiger partial charge in [-0.1, -0.05) is 17.7 Å². The highest BCUT2D eigenvalue weighted by molar-refractivity contribution is 7.92. The van der Waals surface area contributed by atoms with Crippen molar-refractivity contribution in [3.8, 4) is 11.5 Å². The van der Waals surface area contributed by atoms with Crippen molar-refractivity contribution in [2.24, 2.45) is 0 Å². The van der Waals surface area contributed by atoms with Gasteiger partial charge in [-0.2, -0.15) is 0 Å². The molecule has 24 heavy (non-hydrogen) atoms. The van der Waals surface area contributed by atoms with Crippen LogP contribution in [-0.2, 0) is 10.0 Å². The molecule has 2 rings (SSSR count). The number of methoxy groups -OCH3 is 1. The number of hydrogen-bond donors (Lipinski definition) is 1. The number of anilines is 1. The molecule has 0 amide bonds. The van der Waals surface area contributed by atoms with E-state index in [4.69, 9.17) is 9.47 Å². The Labute approximate surface area is 143 Å². The Kier molecular flexibility index (Phi) is 5.72. The van der Waals surface area contributed by atoms with Crippen molar-refractivity contribution >= 4 is 15.7 Å². The summed E-state index contributed by atoms with van der Waals surface area (Å²) < 4.78 is 37.7. The molecule has 1 N–H and O–H groups in total. The van der Waals surface area contributed by atoms with Crippen LogP contribution in [0.4, 0.5) is 5.69 Å². The maximum absolute atomic E-state index is 12.3. The number of sulfonamides is 1. The van der Waals surface area contributed by atoms with Crippen LogP contribution < -0.4 is 14.2 Å². The van der Waals surface area contributed by atoms with Crippen LogP contribution in [0.15, 0.2) is 36.4 Å². The van der Waals surface area contributed by atoms with Gasteiger partial charge in [-0.15, -0.1) is 0 Å². The van der Waals surface area contributed by atoms with E-state index in [2.05, 4.69) is 4.72 Å². The maximum atomic E-state index is 12.3. The molecule has 0 spiro atoms. The number of aryl methyl sites for hydroxylation is 3. The molecule has 0 aliphatic carbocycles. The van der Waals surface area contributed by atoms with Crippen molar-refractivity contribution in [2.75, 3.05) is 24.2 Å². The lowest BCUT2D eigenvalue weighted by atomic mass is 10.1. The van der Waals surface area contributed by atoms with E-state index in [9.17, 15) is 8.42 Å². The molecule has 2 aromatic rings. The van der Waals surface area contributed by atoms with Crippen LogP contribution in [0, 0.1) is 20.8 Å². The second-order valence-corrected chi connectivity index (χ2v) is 7.56. The predicted octanol–water partition coefficient (Wildman–Crippen LogP) is 3.44. The molecule has 0 aliphatic rings. The van der Waals surface area contributed by atoms with Gasteiger partial charge in [0.15, 0.2) is 0 Å². The molecule has 0 radical (unpaired) electrons. The molecule has 130 valence electrons. The number of rotatable bonds is 7. The van der Waals surface area contributed by atoms with E-state index < -0.39 is 10.0 Å². The summed E-state index contributed by atoms with van der Waals surface area (Å²) in [5.41, 5.74) is 3.57. The Morgan fingerprint density at radius 1 is 0.958 bits per heavy atom. The molecular weight excluding hydrogens is 326 g/mol. The topological polar surface area (TPSA) is 64.6 Å². The third-order valence-corrected chi connectivity index (χ3v) is 4.83. The van der Waals surface area contributed by atoms with E-state index >= 15 is 0 Å². The van der Waals surface area contributed by atoms with Gasteiger partial charge in [0.25, 0.3) is 0 Å².